The summed E-state index contributed by atoms with van der Waals surface area (Å²) in [5, 5.41) is 6.63. The second-order valence-electron chi connectivity index (χ2n) is 13.9. The van der Waals surface area contributed by atoms with Gasteiger partial charge in [-0.2, -0.15) is 0 Å². The fourth-order valence-corrected chi connectivity index (χ4v) is 6.31. The Kier molecular flexibility index (Phi) is 8.96. The number of imidazole rings is 1. The van der Waals surface area contributed by atoms with E-state index in [1.807, 2.05) is 77.8 Å². The molecule has 1 aliphatic heterocycles. The number of benzene rings is 2. The predicted octanol–water partition coefficient (Wildman–Crippen LogP) is 5.77. The van der Waals surface area contributed by atoms with E-state index in [-0.39, 0.29) is 18.4 Å². The van der Waals surface area contributed by atoms with Gasteiger partial charge in [0.05, 0.1) is 0 Å². The van der Waals surface area contributed by atoms with Crippen LogP contribution in [0.1, 0.15) is 59.1 Å². The van der Waals surface area contributed by atoms with Crippen LogP contribution in [0, 0.1) is 0 Å². The van der Waals surface area contributed by atoms with Crippen molar-refractivity contribution in [1.29, 1.82) is 0 Å². The van der Waals surface area contributed by atoms with Crippen molar-refractivity contribution in [3.8, 4) is 11.4 Å². The molecule has 11 nitrogen and oxygen atoms in total. The van der Waals surface area contributed by atoms with Gasteiger partial charge in [0.25, 0.3) is 0 Å². The molecule has 1 unspecified atom stereocenters. The number of ether oxygens (including phenoxy) is 1. The molecule has 48 heavy (non-hydrogen) atoms. The number of hydrogen-bond acceptors (Lipinski definition) is 6. The molecule has 1 atom stereocenters. The van der Waals surface area contributed by atoms with Crippen molar-refractivity contribution in [2.24, 2.45) is 0 Å². The van der Waals surface area contributed by atoms with Gasteiger partial charge < -0.3 is 29.8 Å². The predicted molar refractivity (Wildman–Crippen MR) is 185 cm³/mol. The van der Waals surface area contributed by atoms with E-state index in [9.17, 15) is 14.4 Å². The van der Waals surface area contributed by atoms with Crippen molar-refractivity contribution in [2.75, 3.05) is 13.1 Å². The number of carbonyl (C=O) groups excluding carboxylic acids is 3. The summed E-state index contributed by atoms with van der Waals surface area (Å²) in [7, 11) is 0. The molecule has 6 rings (SSSR count). The number of aromatic nitrogens is 4. The lowest BCUT2D eigenvalue weighted by Crippen LogP contribution is -2.60. The summed E-state index contributed by atoms with van der Waals surface area (Å²) < 4.78 is 7.60. The maximum atomic E-state index is 14.3. The standard InChI is InChI=1S/C37H43N7O4/c1-36(2,3)48-35(47)42-37(4,5)34(46)41-30(22-25-23-39-28-15-10-9-14-27(25)28)33(45)43-20-17-26(18-21-43)44-31(24-12-7-6-8-13-24)40-29-16-11-19-38-32(29)44/h6-16,19,23,26,30,39H,17-18,20-22H2,1-5H3,(H,41,46)(H,42,47). The number of nitrogens with one attached hydrogen (secondary N) is 3. The molecule has 0 spiro atoms. The summed E-state index contributed by atoms with van der Waals surface area (Å²) in [6.45, 7) is 9.47. The van der Waals surface area contributed by atoms with Crippen molar-refractivity contribution in [3.63, 3.8) is 0 Å². The first-order valence-corrected chi connectivity index (χ1v) is 16.4. The van der Waals surface area contributed by atoms with Gasteiger partial charge in [0.1, 0.15) is 28.5 Å². The molecule has 0 saturated carbocycles. The molecular weight excluding hydrogens is 606 g/mol. The molecule has 2 aromatic carbocycles. The number of amides is 3. The number of carbonyl (C=O) groups is 3. The lowest BCUT2D eigenvalue weighted by atomic mass is 9.98. The van der Waals surface area contributed by atoms with Crippen LogP contribution in [-0.2, 0) is 20.7 Å². The molecule has 1 aliphatic rings. The van der Waals surface area contributed by atoms with Crippen molar-refractivity contribution in [3.05, 3.63) is 84.7 Å². The van der Waals surface area contributed by atoms with Crippen LogP contribution in [0.25, 0.3) is 33.5 Å². The molecule has 3 N–H and O–H groups in total. The lowest BCUT2D eigenvalue weighted by molar-refractivity contribution is -0.138. The summed E-state index contributed by atoms with van der Waals surface area (Å²) in [4.78, 5) is 55.3. The van der Waals surface area contributed by atoms with Crippen LogP contribution in [0.5, 0.6) is 0 Å². The van der Waals surface area contributed by atoms with Gasteiger partial charge in [-0.25, -0.2) is 14.8 Å². The van der Waals surface area contributed by atoms with Gasteiger partial charge in [0.2, 0.25) is 11.8 Å². The van der Waals surface area contributed by atoms with Gasteiger partial charge in [-0.1, -0.05) is 48.5 Å². The number of rotatable bonds is 8. The molecule has 250 valence electrons. The van der Waals surface area contributed by atoms with Crippen LogP contribution in [0.2, 0.25) is 0 Å². The lowest BCUT2D eigenvalue weighted by Gasteiger charge is -2.36. The smallest absolute Gasteiger partial charge is 0.408 e. The molecule has 5 aromatic rings. The average Bonchev–Trinajstić information content (AvgIpc) is 3.65. The number of alkyl carbamates (subject to hydrolysis) is 1. The topological polar surface area (TPSA) is 134 Å². The van der Waals surface area contributed by atoms with Crippen LogP contribution in [0.4, 0.5) is 4.79 Å². The Labute approximate surface area is 280 Å². The Hall–Kier alpha value is -5.19. The number of aromatic amines is 1. The minimum Gasteiger partial charge on any atom is -0.444 e. The normalized spacial score (nSPS) is 15.0. The molecule has 0 radical (unpaired) electrons. The molecule has 0 aliphatic carbocycles. The second kappa shape index (κ2) is 13.1. The number of likely N-dealkylation sites (tertiary alicyclic amines) is 1. The Morgan fingerprint density at radius 2 is 1.67 bits per heavy atom. The summed E-state index contributed by atoms with van der Waals surface area (Å²) in [5.41, 5.74) is 2.48. The molecule has 0 bridgehead atoms. The van der Waals surface area contributed by atoms with E-state index in [2.05, 4.69) is 25.2 Å². The van der Waals surface area contributed by atoms with E-state index in [1.54, 1.807) is 40.8 Å². The van der Waals surface area contributed by atoms with E-state index < -0.39 is 29.2 Å². The quantitative estimate of drug-likeness (QED) is 0.195. The minimum atomic E-state index is -1.34. The van der Waals surface area contributed by atoms with E-state index in [4.69, 9.17) is 9.72 Å². The number of para-hydroxylation sites is 1. The molecule has 4 heterocycles. The maximum Gasteiger partial charge on any atom is 0.408 e. The van der Waals surface area contributed by atoms with Crippen molar-refractivity contribution < 1.29 is 19.1 Å². The first-order chi connectivity index (χ1) is 22.9. The highest BCUT2D eigenvalue weighted by Crippen LogP contribution is 2.33. The van der Waals surface area contributed by atoms with Gasteiger partial charge in [-0.15, -0.1) is 0 Å². The van der Waals surface area contributed by atoms with E-state index in [0.717, 1.165) is 39.0 Å². The highest BCUT2D eigenvalue weighted by molar-refractivity contribution is 5.94. The van der Waals surface area contributed by atoms with E-state index >= 15 is 0 Å². The van der Waals surface area contributed by atoms with Crippen LogP contribution in [0.3, 0.4) is 0 Å². The molecule has 1 fully saturated rings. The number of hydrogen-bond donors (Lipinski definition) is 3. The van der Waals surface area contributed by atoms with Gasteiger partial charge in [0.15, 0.2) is 5.65 Å². The summed E-state index contributed by atoms with van der Waals surface area (Å²) in [6.07, 6.45) is 4.65. The minimum absolute atomic E-state index is 0.0859. The maximum absolute atomic E-state index is 14.3. The first kappa shape index (κ1) is 32.7. The molecular formula is C37H43N7O4. The zero-order valence-electron chi connectivity index (χ0n) is 28.1. The molecule has 11 heteroatoms. The number of pyridine rings is 1. The Morgan fingerprint density at radius 3 is 2.40 bits per heavy atom. The zero-order chi connectivity index (χ0) is 34.1. The fraction of sp³-hybridized carbons (Fsp3) is 0.378. The van der Waals surface area contributed by atoms with Gasteiger partial charge in [-0.05, 0) is 71.2 Å². The van der Waals surface area contributed by atoms with Crippen LogP contribution in [-0.4, -0.2) is 72.6 Å². The number of H-pyrrole nitrogens is 1. The summed E-state index contributed by atoms with van der Waals surface area (Å²) >= 11 is 0. The monoisotopic (exact) mass is 649 g/mol. The van der Waals surface area contributed by atoms with Gasteiger partial charge >= 0.3 is 6.09 Å². The zero-order valence-corrected chi connectivity index (χ0v) is 28.1. The number of piperidine rings is 1. The second-order valence-corrected chi connectivity index (χ2v) is 13.9. The third kappa shape index (κ3) is 7.05. The number of fused-ring (bicyclic) bond motifs is 2. The summed E-state index contributed by atoms with van der Waals surface area (Å²) in [6, 6.07) is 21.1. The number of nitrogens with zero attached hydrogens (tertiary/aromatic N) is 4. The van der Waals surface area contributed by atoms with E-state index in [0.29, 0.717) is 25.9 Å². The van der Waals surface area contributed by atoms with Gasteiger partial charge in [-0.3, -0.25) is 9.59 Å². The van der Waals surface area contributed by atoms with Crippen LogP contribution >= 0.6 is 0 Å². The molecule has 3 aromatic heterocycles. The largest absolute Gasteiger partial charge is 0.444 e. The van der Waals surface area contributed by atoms with Crippen LogP contribution in [0.15, 0.2) is 79.1 Å². The highest BCUT2D eigenvalue weighted by Gasteiger charge is 2.37. The van der Waals surface area contributed by atoms with Crippen molar-refractivity contribution in [1.82, 2.24) is 35.1 Å². The van der Waals surface area contributed by atoms with Crippen molar-refractivity contribution in [2.45, 2.75) is 77.1 Å². The molecule has 1 saturated heterocycles. The van der Waals surface area contributed by atoms with E-state index in [1.165, 1.54) is 0 Å². The third-order valence-corrected chi connectivity index (χ3v) is 8.71. The SMILES string of the molecule is CC(C)(C)OC(=O)NC(C)(C)C(=O)NC(Cc1c[nH]c2ccccc12)C(=O)N1CCC(n2c(-c3ccccc3)nc3cccnc32)CC1. The first-order valence-electron chi connectivity index (χ1n) is 16.4. The van der Waals surface area contributed by atoms with Crippen LogP contribution < -0.4 is 10.6 Å². The average molecular weight is 650 g/mol. The third-order valence-electron chi connectivity index (χ3n) is 8.71. The Bertz CT molecular complexity index is 1930. The summed E-state index contributed by atoms with van der Waals surface area (Å²) in [5.74, 6) is 0.209. The van der Waals surface area contributed by atoms with Gasteiger partial charge in [0, 0.05) is 54.4 Å². The molecule has 3 amide bonds. The Balaban J connectivity index is 1.22. The Morgan fingerprint density at radius 1 is 0.958 bits per heavy atom. The highest BCUT2D eigenvalue weighted by atomic mass is 16.6. The fourth-order valence-electron chi connectivity index (χ4n) is 6.31. The van der Waals surface area contributed by atoms with Crippen molar-refractivity contribution >= 4 is 40.0 Å².